The summed E-state index contributed by atoms with van der Waals surface area (Å²) < 4.78 is 24.1. The molecule has 36 heavy (non-hydrogen) atoms. The third-order valence-corrected chi connectivity index (χ3v) is 6.84. The number of thiocarbonyl (C=S) groups is 1. The van der Waals surface area contributed by atoms with Gasteiger partial charge in [-0.3, -0.25) is 0 Å². The Labute approximate surface area is 231 Å². The Bertz CT molecular complexity index is 432. The quantitative estimate of drug-likeness (QED) is 0.0546. The number of hydrogen-bond acceptors (Lipinski definition) is 5. The minimum Gasteiger partial charge on any atom is -0.487 e. The molecule has 0 amide bonds. The minimum atomic E-state index is -1.02. The molecule has 0 aliphatic heterocycles. The van der Waals surface area contributed by atoms with Crippen molar-refractivity contribution in [1.29, 1.82) is 0 Å². The summed E-state index contributed by atoms with van der Waals surface area (Å²) in [5.74, 6) is -1.02. The molecule has 5 heteroatoms. The molecule has 0 saturated heterocycles. The zero-order valence-corrected chi connectivity index (χ0v) is 25.5. The number of unbranched alkanes of at least 4 members (excludes halogenated alkanes) is 18. The van der Waals surface area contributed by atoms with Gasteiger partial charge in [0.25, 0.3) is 5.97 Å². The van der Waals surface area contributed by atoms with Crippen molar-refractivity contribution in [2.24, 2.45) is 0 Å². The second-order valence-electron chi connectivity index (χ2n) is 10.3. The fraction of sp³-hybridized carbons (Fsp3) is 0.968. The van der Waals surface area contributed by atoms with Crippen molar-refractivity contribution in [2.75, 3.05) is 26.4 Å². The molecule has 0 fully saturated rings. The number of ether oxygens (including phenoxy) is 4. The van der Waals surface area contributed by atoms with E-state index in [1.54, 1.807) is 6.92 Å². The largest absolute Gasteiger partial charge is 0.487 e. The summed E-state index contributed by atoms with van der Waals surface area (Å²) in [6.45, 7) is 10.7. The highest BCUT2D eigenvalue weighted by Crippen LogP contribution is 2.23. The van der Waals surface area contributed by atoms with Crippen molar-refractivity contribution in [2.45, 2.75) is 169 Å². The van der Waals surface area contributed by atoms with Gasteiger partial charge in [-0.25, -0.2) is 0 Å². The van der Waals surface area contributed by atoms with Crippen molar-refractivity contribution in [3.63, 3.8) is 0 Å². The maximum atomic E-state index is 6.25. The lowest BCUT2D eigenvalue weighted by Crippen LogP contribution is -2.41. The molecule has 0 unspecified atom stereocenters. The van der Waals surface area contributed by atoms with Crippen LogP contribution in [0, 0.1) is 0 Å². The molecule has 0 spiro atoms. The maximum absolute atomic E-state index is 6.25. The molecule has 0 N–H and O–H groups in total. The molecule has 0 radical (unpaired) electrons. The van der Waals surface area contributed by atoms with E-state index in [1.165, 1.54) is 116 Å². The molecule has 216 valence electrons. The van der Waals surface area contributed by atoms with E-state index in [4.69, 9.17) is 31.2 Å². The summed E-state index contributed by atoms with van der Waals surface area (Å²) in [7, 11) is 0. The first-order chi connectivity index (χ1) is 17.6. The highest BCUT2D eigenvalue weighted by atomic mass is 32.1. The Morgan fingerprint density at radius 3 is 1.19 bits per heavy atom. The predicted molar refractivity (Wildman–Crippen MR) is 159 cm³/mol. The number of rotatable bonds is 29. The van der Waals surface area contributed by atoms with Crippen LogP contribution in [0.25, 0.3) is 0 Å². The molecule has 0 aromatic rings. The number of hydrogen-bond donors (Lipinski definition) is 0. The lowest BCUT2D eigenvalue weighted by atomic mass is 10.1. The highest BCUT2D eigenvalue weighted by molar-refractivity contribution is 7.80. The first-order valence-corrected chi connectivity index (χ1v) is 16.1. The average molecular weight is 531 g/mol. The molecule has 0 saturated carbocycles. The average Bonchev–Trinajstić information content (AvgIpc) is 2.86. The molecule has 0 aromatic heterocycles. The standard InChI is InChI=1S/C31H62O4S/c1-5-8-10-12-14-16-18-20-22-24-27-34-31(33-7-3,26-29-32-30(4)36)35-28-25-23-21-19-17-15-13-11-9-6-2/h5-29H2,1-4H3. The van der Waals surface area contributed by atoms with E-state index < -0.39 is 5.97 Å². The van der Waals surface area contributed by atoms with E-state index in [-0.39, 0.29) is 0 Å². The van der Waals surface area contributed by atoms with Crippen LogP contribution in [0.4, 0.5) is 0 Å². The fourth-order valence-electron chi connectivity index (χ4n) is 4.52. The second-order valence-corrected chi connectivity index (χ2v) is 10.8. The zero-order chi connectivity index (χ0) is 26.6. The molecule has 0 bridgehead atoms. The lowest BCUT2D eigenvalue weighted by Gasteiger charge is -2.33. The molecule has 0 aliphatic rings. The first-order valence-electron chi connectivity index (χ1n) is 15.7. The van der Waals surface area contributed by atoms with Crippen LogP contribution in [-0.4, -0.2) is 37.5 Å². The van der Waals surface area contributed by atoms with Crippen molar-refractivity contribution < 1.29 is 18.9 Å². The van der Waals surface area contributed by atoms with Crippen LogP contribution in [0.3, 0.4) is 0 Å². The summed E-state index contributed by atoms with van der Waals surface area (Å²) in [4.78, 5) is 0. The molecular formula is C31H62O4S. The van der Waals surface area contributed by atoms with Crippen LogP contribution in [0.1, 0.15) is 163 Å². The van der Waals surface area contributed by atoms with Gasteiger partial charge in [0.05, 0.1) is 26.2 Å². The zero-order valence-electron chi connectivity index (χ0n) is 24.7. The van der Waals surface area contributed by atoms with E-state index in [1.807, 2.05) is 6.92 Å². The molecule has 0 atom stereocenters. The van der Waals surface area contributed by atoms with Gasteiger partial charge in [0.1, 0.15) is 0 Å². The fourth-order valence-corrected chi connectivity index (χ4v) is 4.60. The highest BCUT2D eigenvalue weighted by Gasteiger charge is 2.33. The summed E-state index contributed by atoms with van der Waals surface area (Å²) in [6.07, 6.45) is 26.7. The topological polar surface area (TPSA) is 36.9 Å². The minimum absolute atomic E-state index is 0.450. The van der Waals surface area contributed by atoms with Crippen molar-refractivity contribution in [3.05, 3.63) is 0 Å². The van der Waals surface area contributed by atoms with Gasteiger partial charge in [-0.2, -0.15) is 0 Å². The van der Waals surface area contributed by atoms with Gasteiger partial charge in [0.2, 0.25) is 0 Å². The Morgan fingerprint density at radius 2 is 0.861 bits per heavy atom. The van der Waals surface area contributed by atoms with Crippen LogP contribution in [0.2, 0.25) is 0 Å². The molecule has 4 nitrogen and oxygen atoms in total. The Kier molecular flexibility index (Phi) is 27.6. The molecular weight excluding hydrogens is 468 g/mol. The van der Waals surface area contributed by atoms with Crippen molar-refractivity contribution >= 4 is 17.3 Å². The molecule has 0 rings (SSSR count). The van der Waals surface area contributed by atoms with E-state index in [2.05, 4.69) is 13.8 Å². The van der Waals surface area contributed by atoms with Crippen molar-refractivity contribution in [1.82, 2.24) is 0 Å². The predicted octanol–water partition coefficient (Wildman–Crippen LogP) is 10.3. The maximum Gasteiger partial charge on any atom is 0.286 e. The van der Waals surface area contributed by atoms with Crippen molar-refractivity contribution in [3.8, 4) is 0 Å². The summed E-state index contributed by atoms with van der Waals surface area (Å²) in [5.41, 5.74) is 0. The van der Waals surface area contributed by atoms with E-state index in [9.17, 15) is 0 Å². The van der Waals surface area contributed by atoms with Crippen LogP contribution >= 0.6 is 12.2 Å². The Hall–Kier alpha value is -0.230. The summed E-state index contributed by atoms with van der Waals surface area (Å²) >= 11 is 5.08. The van der Waals surface area contributed by atoms with Gasteiger partial charge in [0.15, 0.2) is 5.05 Å². The van der Waals surface area contributed by atoms with Gasteiger partial charge in [-0.15, -0.1) is 0 Å². The van der Waals surface area contributed by atoms with Gasteiger partial charge < -0.3 is 18.9 Å². The van der Waals surface area contributed by atoms with E-state index in [0.717, 1.165) is 12.8 Å². The SMILES string of the molecule is CCCCCCCCCCCCOC(CCOC(C)=S)(OCC)OCCCCCCCCCCCC. The second kappa shape index (κ2) is 27.8. The summed E-state index contributed by atoms with van der Waals surface area (Å²) in [5, 5.41) is 0.546. The van der Waals surface area contributed by atoms with Gasteiger partial charge >= 0.3 is 0 Å². The Balaban J connectivity index is 4.19. The molecule has 0 aromatic carbocycles. The third kappa shape index (κ3) is 24.1. The van der Waals surface area contributed by atoms with Crippen LogP contribution in [-0.2, 0) is 18.9 Å². The third-order valence-electron chi connectivity index (χ3n) is 6.72. The lowest BCUT2D eigenvalue weighted by molar-refractivity contribution is -0.384. The monoisotopic (exact) mass is 530 g/mol. The molecule has 0 aliphatic carbocycles. The van der Waals surface area contributed by atoms with Gasteiger partial charge in [0, 0.05) is 13.5 Å². The van der Waals surface area contributed by atoms with Crippen LogP contribution in [0.5, 0.6) is 0 Å². The van der Waals surface area contributed by atoms with Crippen LogP contribution < -0.4 is 0 Å². The Morgan fingerprint density at radius 1 is 0.500 bits per heavy atom. The normalized spacial score (nSPS) is 11.8. The van der Waals surface area contributed by atoms with Gasteiger partial charge in [-0.05, 0) is 32.0 Å². The smallest absolute Gasteiger partial charge is 0.286 e. The van der Waals surface area contributed by atoms with Gasteiger partial charge in [-0.1, -0.05) is 129 Å². The van der Waals surface area contributed by atoms with E-state index in [0.29, 0.717) is 37.9 Å². The van der Waals surface area contributed by atoms with Crippen LogP contribution in [0.15, 0.2) is 0 Å². The van der Waals surface area contributed by atoms with E-state index >= 15 is 0 Å². The summed E-state index contributed by atoms with van der Waals surface area (Å²) in [6, 6.07) is 0. The molecule has 0 heterocycles. The first kappa shape index (κ1) is 35.8.